The fourth-order valence-corrected chi connectivity index (χ4v) is 8.76. The van der Waals surface area contributed by atoms with Crippen LogP contribution in [0.3, 0.4) is 0 Å². The number of phenolic OH excluding ortho intramolecular Hbond substituents is 1. The highest BCUT2D eigenvalue weighted by Crippen LogP contribution is 2.43. The molecule has 4 aliphatic rings. The van der Waals surface area contributed by atoms with E-state index in [2.05, 4.69) is 22.8 Å². The molecule has 8 nitrogen and oxygen atoms in total. The van der Waals surface area contributed by atoms with Gasteiger partial charge in [-0.2, -0.15) is 0 Å². The van der Waals surface area contributed by atoms with Gasteiger partial charge < -0.3 is 35.2 Å². The van der Waals surface area contributed by atoms with Crippen molar-refractivity contribution in [2.75, 3.05) is 51.2 Å². The van der Waals surface area contributed by atoms with Gasteiger partial charge in [-0.15, -0.1) is 0 Å². The zero-order valence-electron chi connectivity index (χ0n) is 29.2. The number of carbonyl (C=O) groups excluding carboxylic acids is 1. The molecule has 1 amide bonds. The van der Waals surface area contributed by atoms with Crippen molar-refractivity contribution in [2.45, 2.75) is 114 Å². The molecule has 2 bridgehead atoms. The van der Waals surface area contributed by atoms with E-state index in [0.717, 1.165) is 37.9 Å². The molecule has 0 aromatic heterocycles. The first-order valence-corrected chi connectivity index (χ1v) is 19.1. The predicted octanol–water partition coefficient (Wildman–Crippen LogP) is 6.80. The summed E-state index contributed by atoms with van der Waals surface area (Å²) in [7, 11) is 0. The number of anilines is 1. The Morgan fingerprint density at radius 2 is 1.56 bits per heavy atom. The van der Waals surface area contributed by atoms with E-state index in [-0.39, 0.29) is 11.9 Å². The van der Waals surface area contributed by atoms with Crippen LogP contribution in [0.5, 0.6) is 5.75 Å². The molecule has 5 N–H and O–H groups in total. The Morgan fingerprint density at radius 3 is 2.25 bits per heavy atom. The molecule has 3 saturated heterocycles. The molecule has 2 aromatic rings. The average Bonchev–Trinajstić information content (AvgIpc) is 3.67. The number of nitrogens with one attached hydrogen (secondary N) is 2. The molecular weight excluding hydrogens is 602 g/mol. The molecule has 3 heterocycles. The number of phenols is 1. The van der Waals surface area contributed by atoms with E-state index in [9.17, 15) is 20.1 Å². The first kappa shape index (κ1) is 36.8. The maximum absolute atomic E-state index is 12.0. The lowest BCUT2D eigenvalue weighted by molar-refractivity contribution is -0.946. The smallest absolute Gasteiger partial charge is 0.211 e. The number of aliphatic hydroxyl groups excluding tert-OH is 1. The Morgan fingerprint density at radius 1 is 0.896 bits per heavy atom. The van der Waals surface area contributed by atoms with Crippen molar-refractivity contribution < 1.29 is 29.3 Å². The molecule has 1 unspecified atom stereocenters. The normalized spacial score (nSPS) is 24.4. The van der Waals surface area contributed by atoms with Crippen molar-refractivity contribution in [3.8, 4) is 5.75 Å². The summed E-state index contributed by atoms with van der Waals surface area (Å²) < 4.78 is 7.96. The second-order valence-corrected chi connectivity index (χ2v) is 15.1. The number of piperidine rings is 3. The van der Waals surface area contributed by atoms with Crippen LogP contribution < -0.4 is 10.6 Å². The van der Waals surface area contributed by atoms with E-state index >= 15 is 0 Å². The molecule has 0 radical (unpaired) electrons. The zero-order valence-corrected chi connectivity index (χ0v) is 29.2. The monoisotopic (exact) mass is 664 g/mol. The van der Waals surface area contributed by atoms with Crippen LogP contribution in [-0.2, 0) is 15.1 Å². The fraction of sp³-hybridized carbons (Fsp3) is 0.675. The predicted molar refractivity (Wildman–Crippen MR) is 192 cm³/mol. The maximum Gasteiger partial charge on any atom is 0.211 e. The first-order valence-electron chi connectivity index (χ1n) is 19.1. The highest BCUT2D eigenvalue weighted by atomic mass is 16.5. The lowest BCUT2D eigenvalue weighted by Gasteiger charge is -2.53. The summed E-state index contributed by atoms with van der Waals surface area (Å²) in [5, 5.41) is 38.0. The third-order valence-corrected chi connectivity index (χ3v) is 11.8. The highest BCUT2D eigenvalue weighted by Gasteiger charge is 2.48. The van der Waals surface area contributed by atoms with E-state index in [1.54, 1.807) is 12.1 Å². The van der Waals surface area contributed by atoms with Crippen LogP contribution in [0.1, 0.15) is 114 Å². The number of unbranched alkanes of at least 4 members (excludes halogenated alkanes) is 8. The van der Waals surface area contributed by atoms with Gasteiger partial charge in [0.25, 0.3) is 0 Å². The van der Waals surface area contributed by atoms with Gasteiger partial charge in [0.05, 0.1) is 38.0 Å². The highest BCUT2D eigenvalue weighted by molar-refractivity contribution is 5.75. The van der Waals surface area contributed by atoms with E-state index in [1.165, 1.54) is 107 Å². The van der Waals surface area contributed by atoms with Crippen molar-refractivity contribution in [1.29, 1.82) is 0 Å². The lowest BCUT2D eigenvalue weighted by atomic mass is 9.80. The van der Waals surface area contributed by atoms with Gasteiger partial charge in [0, 0.05) is 25.3 Å². The molecule has 6 rings (SSSR count). The zero-order chi connectivity index (χ0) is 33.7. The SMILES string of the molecule is O=CNc1cc([C@@H](O)CNCCCCCCCCCCC[N+]23CCC(CC2)[C@@H](OCC(O)(c2ccccc2)C2CCCC2)C3)ccc1O. The number of ether oxygens (including phenoxy) is 1. The summed E-state index contributed by atoms with van der Waals surface area (Å²) in [5.41, 5.74) is 1.13. The minimum atomic E-state index is -0.868. The van der Waals surface area contributed by atoms with E-state index in [1.807, 2.05) is 18.2 Å². The van der Waals surface area contributed by atoms with Gasteiger partial charge in [-0.05, 0) is 67.8 Å². The number of aromatic hydroxyl groups is 1. The first-order chi connectivity index (χ1) is 23.4. The van der Waals surface area contributed by atoms with Crippen LogP contribution in [0.4, 0.5) is 5.69 Å². The molecular formula is C40H62N3O5+. The average molecular weight is 665 g/mol. The van der Waals surface area contributed by atoms with Gasteiger partial charge >= 0.3 is 0 Å². The molecule has 266 valence electrons. The number of hydrogen-bond donors (Lipinski definition) is 5. The third-order valence-electron chi connectivity index (χ3n) is 11.8. The largest absolute Gasteiger partial charge is 0.506 e. The van der Waals surface area contributed by atoms with Crippen LogP contribution in [0, 0.1) is 11.8 Å². The number of rotatable bonds is 22. The summed E-state index contributed by atoms with van der Waals surface area (Å²) in [6.45, 7) is 6.77. The Bertz CT molecular complexity index is 1230. The molecule has 48 heavy (non-hydrogen) atoms. The van der Waals surface area contributed by atoms with Crippen LogP contribution in [0.15, 0.2) is 48.5 Å². The Kier molecular flexibility index (Phi) is 14.2. The number of fused-ring (bicyclic) bond motifs is 3. The number of aliphatic hydroxyl groups is 2. The summed E-state index contributed by atoms with van der Waals surface area (Å²) >= 11 is 0. The topological polar surface area (TPSA) is 111 Å². The quantitative estimate of drug-likeness (QED) is 0.0410. The van der Waals surface area contributed by atoms with Crippen LogP contribution >= 0.6 is 0 Å². The van der Waals surface area contributed by atoms with Crippen LogP contribution in [0.25, 0.3) is 0 Å². The minimum Gasteiger partial charge on any atom is -0.506 e. The van der Waals surface area contributed by atoms with Gasteiger partial charge in [0.1, 0.15) is 24.0 Å². The second kappa shape index (κ2) is 18.5. The molecule has 1 aliphatic carbocycles. The summed E-state index contributed by atoms with van der Waals surface area (Å²) in [5.74, 6) is 0.941. The maximum atomic E-state index is 12.0. The number of carbonyl (C=O) groups is 1. The number of amides is 1. The molecule has 3 aliphatic heterocycles. The molecule has 4 fully saturated rings. The van der Waals surface area contributed by atoms with Gasteiger partial charge in [0.15, 0.2) is 0 Å². The van der Waals surface area contributed by atoms with Gasteiger partial charge in [-0.1, -0.05) is 87.8 Å². The second-order valence-electron chi connectivity index (χ2n) is 15.1. The van der Waals surface area contributed by atoms with Crippen LogP contribution in [0.2, 0.25) is 0 Å². The molecule has 1 saturated carbocycles. The molecule has 8 heteroatoms. The van der Waals surface area contributed by atoms with E-state index in [0.29, 0.717) is 42.6 Å². The minimum absolute atomic E-state index is 0.0137. The number of nitrogens with zero attached hydrogens (tertiary/aromatic N) is 1. The third kappa shape index (κ3) is 10.0. The Balaban J connectivity index is 0.906. The van der Waals surface area contributed by atoms with Crippen molar-refractivity contribution in [3.05, 3.63) is 59.7 Å². The standard InChI is InChI=1S/C40H61N3O5/c44-31-42-36-27-33(19-20-37(36)45)38(46)28-41-23-13-6-4-2-1-3-5-7-14-24-43-25-21-32(22-26-43)39(29-43)48-30-40(47,35-17-11-12-18-35)34-15-9-8-10-16-34/h8-10,15-16,19-20,27,31-32,35,38-39,41,46-47H,1-7,11-14,17-18,21-26,28-30H2,(H-,42,44,45)/p+1/t32?,38-,39-,40?,43?/m0/s1. The van der Waals surface area contributed by atoms with Crippen molar-refractivity contribution in [2.24, 2.45) is 11.8 Å². The number of quaternary nitrogens is 1. The fourth-order valence-electron chi connectivity index (χ4n) is 8.76. The molecule has 3 atom stereocenters. The Hall–Kier alpha value is -2.49. The van der Waals surface area contributed by atoms with Gasteiger partial charge in [-0.25, -0.2) is 0 Å². The number of hydrogen-bond acceptors (Lipinski definition) is 6. The van der Waals surface area contributed by atoms with E-state index in [4.69, 9.17) is 4.74 Å². The molecule has 0 spiro atoms. The van der Waals surface area contributed by atoms with Crippen molar-refractivity contribution in [3.63, 3.8) is 0 Å². The Labute approximate surface area is 288 Å². The van der Waals surface area contributed by atoms with Gasteiger partial charge in [0.2, 0.25) is 6.41 Å². The van der Waals surface area contributed by atoms with Crippen molar-refractivity contribution >= 4 is 12.1 Å². The van der Waals surface area contributed by atoms with Crippen LogP contribution in [-0.4, -0.2) is 78.2 Å². The van der Waals surface area contributed by atoms with E-state index < -0.39 is 11.7 Å². The van der Waals surface area contributed by atoms with Crippen molar-refractivity contribution in [1.82, 2.24) is 5.32 Å². The summed E-state index contributed by atoms with van der Waals surface area (Å²) in [6.07, 6.45) is 18.7. The molecule has 2 aromatic carbocycles. The summed E-state index contributed by atoms with van der Waals surface area (Å²) in [6, 6.07) is 15.1. The number of benzene rings is 2. The summed E-state index contributed by atoms with van der Waals surface area (Å²) in [4.78, 5) is 10.7. The van der Waals surface area contributed by atoms with Gasteiger partial charge in [-0.3, -0.25) is 4.79 Å². The lowest BCUT2D eigenvalue weighted by Crippen LogP contribution is -2.64.